The summed E-state index contributed by atoms with van der Waals surface area (Å²) in [7, 11) is 0. The molecule has 0 unspecified atom stereocenters. The van der Waals surface area contributed by atoms with Crippen molar-refractivity contribution >= 4 is 56.6 Å². The molecule has 0 saturated heterocycles. The molecule has 4 nitrogen and oxygen atoms in total. The summed E-state index contributed by atoms with van der Waals surface area (Å²) >= 11 is 6.10. The van der Waals surface area contributed by atoms with Gasteiger partial charge < -0.3 is 9.32 Å². The monoisotopic (exact) mass is 422 g/mol. The van der Waals surface area contributed by atoms with Crippen molar-refractivity contribution in [1.82, 2.24) is 0 Å². The second kappa shape index (κ2) is 6.83. The number of anilines is 2. The van der Waals surface area contributed by atoms with E-state index in [4.69, 9.17) is 21.0 Å². The molecule has 1 aliphatic heterocycles. The topological polar surface area (TPSA) is 45.8 Å². The van der Waals surface area contributed by atoms with Crippen LogP contribution in [0, 0.1) is 0 Å². The molecule has 0 spiro atoms. The van der Waals surface area contributed by atoms with Gasteiger partial charge in [0.25, 0.3) is 0 Å². The average Bonchev–Trinajstić information content (AvgIpc) is 2.96. The van der Waals surface area contributed by atoms with Gasteiger partial charge in [-0.25, -0.2) is 4.99 Å². The van der Waals surface area contributed by atoms with Crippen LogP contribution < -0.4 is 21.1 Å². The lowest BCUT2D eigenvalue weighted by molar-refractivity contribution is 0.538. The lowest BCUT2D eigenvalue weighted by Gasteiger charge is -2.21. The minimum Gasteiger partial charge on any atom is -0.437 e. The third kappa shape index (κ3) is 2.84. The van der Waals surface area contributed by atoms with Gasteiger partial charge in [0.1, 0.15) is 10.8 Å². The second-order valence-electron chi connectivity index (χ2n) is 7.39. The summed E-state index contributed by atoms with van der Waals surface area (Å²) in [6.07, 6.45) is 1.81. The summed E-state index contributed by atoms with van der Waals surface area (Å²) < 4.78 is 6.17. The molecule has 0 atom stereocenters. The highest BCUT2D eigenvalue weighted by atomic mass is 35.5. The third-order valence-electron chi connectivity index (χ3n) is 5.53. The van der Waals surface area contributed by atoms with Gasteiger partial charge in [0, 0.05) is 16.9 Å². The minimum absolute atomic E-state index is 0.108. The molecule has 0 N–H and O–H groups in total. The lowest BCUT2D eigenvalue weighted by atomic mass is 10.1. The van der Waals surface area contributed by atoms with E-state index < -0.39 is 0 Å². The quantitative estimate of drug-likeness (QED) is 0.338. The summed E-state index contributed by atoms with van der Waals surface area (Å²) in [6, 6.07) is 26.8. The lowest BCUT2D eigenvalue weighted by Crippen LogP contribution is -2.40. The number of para-hydroxylation sites is 2. The largest absolute Gasteiger partial charge is 0.437 e. The Bertz CT molecular complexity index is 1670. The smallest absolute Gasteiger partial charge is 0.232 e. The van der Waals surface area contributed by atoms with Crippen molar-refractivity contribution in [3.8, 4) is 0 Å². The zero-order valence-corrected chi connectivity index (χ0v) is 17.0. The van der Waals surface area contributed by atoms with Gasteiger partial charge in [-0.3, -0.25) is 4.79 Å². The molecule has 1 aliphatic rings. The predicted molar refractivity (Wildman–Crippen MR) is 125 cm³/mol. The fourth-order valence-corrected chi connectivity index (χ4v) is 4.17. The number of fused-ring (bicyclic) bond motifs is 5. The number of rotatable bonds is 1. The third-order valence-corrected chi connectivity index (χ3v) is 5.78. The van der Waals surface area contributed by atoms with Gasteiger partial charge in [0.2, 0.25) is 11.0 Å². The van der Waals surface area contributed by atoms with Crippen LogP contribution in [-0.4, -0.2) is 0 Å². The standard InChI is InChI=1S/C26H15ClN2O2/c27-17-10-12-18(13-11-17)29-15-20-25(30)24-19-6-2-1-5-16(19)9-14-23(24)31-26(20)28-21-7-3-4-8-22(21)29/h1-15H. The Balaban J connectivity index is 1.76. The van der Waals surface area contributed by atoms with E-state index in [9.17, 15) is 4.79 Å². The molecule has 0 aliphatic carbocycles. The summed E-state index contributed by atoms with van der Waals surface area (Å²) in [6.45, 7) is 0. The van der Waals surface area contributed by atoms with Crippen LogP contribution in [0.5, 0.6) is 0 Å². The second-order valence-corrected chi connectivity index (χ2v) is 7.82. The first-order valence-electron chi connectivity index (χ1n) is 9.88. The molecule has 31 heavy (non-hydrogen) atoms. The Morgan fingerprint density at radius 1 is 0.839 bits per heavy atom. The van der Waals surface area contributed by atoms with Gasteiger partial charge in [0.15, 0.2) is 0 Å². The van der Waals surface area contributed by atoms with Crippen LogP contribution in [0.15, 0.2) is 99.1 Å². The van der Waals surface area contributed by atoms with E-state index in [0.717, 1.165) is 27.8 Å². The summed E-state index contributed by atoms with van der Waals surface area (Å²) in [5.41, 5.74) is 3.16. The van der Waals surface area contributed by atoms with E-state index in [2.05, 4.69) is 0 Å². The van der Waals surface area contributed by atoms with Crippen LogP contribution in [0.1, 0.15) is 0 Å². The normalized spacial score (nSPS) is 12.6. The van der Waals surface area contributed by atoms with E-state index >= 15 is 0 Å². The molecule has 2 heterocycles. The van der Waals surface area contributed by atoms with E-state index in [1.165, 1.54) is 0 Å². The molecule has 6 rings (SSSR count). The van der Waals surface area contributed by atoms with Crippen LogP contribution in [0.3, 0.4) is 0 Å². The zero-order valence-electron chi connectivity index (χ0n) is 16.2. The Labute approximate surface area is 182 Å². The van der Waals surface area contributed by atoms with E-state index in [1.54, 1.807) is 6.20 Å². The molecule has 148 valence electrons. The van der Waals surface area contributed by atoms with Gasteiger partial charge in [0.05, 0.1) is 16.8 Å². The van der Waals surface area contributed by atoms with Crippen molar-refractivity contribution in [1.29, 1.82) is 0 Å². The summed E-state index contributed by atoms with van der Waals surface area (Å²) in [4.78, 5) is 20.4. The summed E-state index contributed by atoms with van der Waals surface area (Å²) in [5, 5.41) is 3.48. The molecule has 0 bridgehead atoms. The first-order chi connectivity index (χ1) is 15.2. The number of hydrogen-bond acceptors (Lipinski definition) is 4. The predicted octanol–water partition coefficient (Wildman–Crippen LogP) is 5.44. The molecule has 5 heteroatoms. The molecule has 0 fully saturated rings. The van der Waals surface area contributed by atoms with Crippen LogP contribution in [0.4, 0.5) is 17.1 Å². The molecule has 0 radical (unpaired) electrons. The molecule has 1 aromatic heterocycles. The number of halogens is 1. The van der Waals surface area contributed by atoms with Gasteiger partial charge >= 0.3 is 0 Å². The zero-order chi connectivity index (χ0) is 20.9. The van der Waals surface area contributed by atoms with Crippen molar-refractivity contribution in [2.45, 2.75) is 0 Å². The van der Waals surface area contributed by atoms with E-state index in [1.807, 2.05) is 89.8 Å². The van der Waals surface area contributed by atoms with Crippen LogP contribution in [-0.2, 0) is 0 Å². The highest BCUT2D eigenvalue weighted by Crippen LogP contribution is 2.35. The van der Waals surface area contributed by atoms with Crippen LogP contribution in [0.2, 0.25) is 5.02 Å². The van der Waals surface area contributed by atoms with E-state index in [0.29, 0.717) is 26.8 Å². The van der Waals surface area contributed by atoms with Crippen molar-refractivity contribution in [3.05, 3.63) is 111 Å². The van der Waals surface area contributed by atoms with Crippen molar-refractivity contribution in [2.24, 2.45) is 4.99 Å². The highest BCUT2D eigenvalue weighted by molar-refractivity contribution is 6.30. The molecule has 0 saturated carbocycles. The molecule has 0 amide bonds. The van der Waals surface area contributed by atoms with Crippen LogP contribution in [0.25, 0.3) is 27.9 Å². The number of benzene rings is 4. The molecular weight excluding hydrogens is 408 g/mol. The highest BCUT2D eigenvalue weighted by Gasteiger charge is 2.17. The Hall–Kier alpha value is -3.89. The van der Waals surface area contributed by atoms with Crippen molar-refractivity contribution < 1.29 is 4.42 Å². The minimum atomic E-state index is -0.108. The Morgan fingerprint density at radius 3 is 2.48 bits per heavy atom. The van der Waals surface area contributed by atoms with Gasteiger partial charge in [-0.05, 0) is 53.2 Å². The molecule has 4 aromatic carbocycles. The Morgan fingerprint density at radius 2 is 1.61 bits per heavy atom. The van der Waals surface area contributed by atoms with Gasteiger partial charge in [-0.1, -0.05) is 54.1 Å². The van der Waals surface area contributed by atoms with Gasteiger partial charge in [-0.2, -0.15) is 0 Å². The average molecular weight is 423 g/mol. The summed E-state index contributed by atoms with van der Waals surface area (Å²) in [5.74, 6) is 0. The van der Waals surface area contributed by atoms with Crippen LogP contribution >= 0.6 is 11.6 Å². The molecular formula is C26H15ClN2O2. The fraction of sp³-hybridized carbons (Fsp3) is 0. The fourth-order valence-electron chi connectivity index (χ4n) is 4.04. The maximum atomic E-state index is 13.7. The maximum Gasteiger partial charge on any atom is 0.232 e. The first-order valence-corrected chi connectivity index (χ1v) is 10.3. The van der Waals surface area contributed by atoms with Crippen molar-refractivity contribution in [2.75, 3.05) is 4.90 Å². The maximum absolute atomic E-state index is 13.7. The molecule has 5 aromatic rings. The van der Waals surface area contributed by atoms with Gasteiger partial charge in [-0.15, -0.1) is 0 Å². The SMILES string of the molecule is O=c1c2c(oc3ccc4ccccc4c13)=Nc1ccccc1N(c1ccc(Cl)cc1)C=2. The van der Waals surface area contributed by atoms with E-state index in [-0.39, 0.29) is 5.43 Å². The van der Waals surface area contributed by atoms with Crippen molar-refractivity contribution in [3.63, 3.8) is 0 Å². The number of nitrogens with zero attached hydrogens (tertiary/aromatic N) is 2. The Kier molecular flexibility index (Phi) is 3.95. The first kappa shape index (κ1) is 17.9. The number of hydrogen-bond donors (Lipinski definition) is 0.